The maximum Gasteiger partial charge on any atom is 0.143 e. The van der Waals surface area contributed by atoms with Crippen LogP contribution in [0.5, 0.6) is 0 Å². The number of nitrogens with zero attached hydrogens (tertiary/aromatic N) is 1. The van der Waals surface area contributed by atoms with E-state index < -0.39 is 5.41 Å². The van der Waals surface area contributed by atoms with Crippen molar-refractivity contribution in [1.82, 2.24) is 0 Å². The Labute approximate surface area is 366 Å². The summed E-state index contributed by atoms with van der Waals surface area (Å²) in [6, 6.07) is 86.5. The topological polar surface area (TPSA) is 16.4 Å². The summed E-state index contributed by atoms with van der Waals surface area (Å²) in [5.41, 5.74) is 21.7. The molecule has 0 aliphatic heterocycles. The monoisotopic (exact) mass is 801 g/mol. The number of anilines is 3. The first-order valence-electron chi connectivity index (χ1n) is 21.7. The summed E-state index contributed by atoms with van der Waals surface area (Å²) in [5.74, 6) is 0. The molecule has 1 aromatic heterocycles. The predicted molar refractivity (Wildman–Crippen MR) is 261 cm³/mol. The predicted octanol–water partition coefficient (Wildman–Crippen LogP) is 16.4. The van der Waals surface area contributed by atoms with Crippen molar-refractivity contribution < 1.29 is 4.42 Å². The van der Waals surface area contributed by atoms with Gasteiger partial charge in [0.25, 0.3) is 0 Å². The lowest BCUT2D eigenvalue weighted by Crippen LogP contribution is -2.26. The third kappa shape index (κ3) is 5.32. The van der Waals surface area contributed by atoms with E-state index >= 15 is 0 Å². The van der Waals surface area contributed by atoms with Gasteiger partial charge in [0.05, 0.1) is 5.41 Å². The van der Waals surface area contributed by atoms with E-state index in [2.05, 4.69) is 241 Å². The summed E-state index contributed by atoms with van der Waals surface area (Å²) in [6.07, 6.45) is 0. The Balaban J connectivity index is 1.07. The van der Waals surface area contributed by atoms with Crippen molar-refractivity contribution in [1.29, 1.82) is 0 Å². The molecule has 2 nitrogen and oxygen atoms in total. The molecule has 1 unspecified atom stereocenters. The minimum atomic E-state index is -0.607. The number of benzene rings is 10. The van der Waals surface area contributed by atoms with Crippen LogP contribution in [-0.4, -0.2) is 0 Å². The number of furan rings is 1. The molecule has 11 aromatic rings. The summed E-state index contributed by atoms with van der Waals surface area (Å²) in [7, 11) is 0. The molecule has 2 aliphatic rings. The van der Waals surface area contributed by atoms with Crippen LogP contribution in [0.3, 0.4) is 0 Å². The third-order valence-electron chi connectivity index (χ3n) is 13.5. The van der Waals surface area contributed by atoms with Gasteiger partial charge in [0.1, 0.15) is 11.2 Å². The van der Waals surface area contributed by atoms with Crippen molar-refractivity contribution in [2.75, 3.05) is 4.90 Å². The van der Waals surface area contributed by atoms with Gasteiger partial charge in [-0.1, -0.05) is 188 Å². The van der Waals surface area contributed by atoms with Gasteiger partial charge >= 0.3 is 0 Å². The molecule has 0 radical (unpaired) electrons. The SMILES string of the molecule is c1ccc(-c2ccc(N(c3ccc(-c4ccccc4)cc3)c3ccc4c(c3)C3(c5cc(-c6ccccc6)ccc5-4)c4ccccc4-c4c3ccc3c4oc4ccccc43)cc2)cc1. The van der Waals surface area contributed by atoms with Gasteiger partial charge in [-0.3, -0.25) is 0 Å². The molecule has 1 spiro atoms. The maximum absolute atomic E-state index is 6.88. The molecule has 1 atom stereocenters. The van der Waals surface area contributed by atoms with Gasteiger partial charge in [0.15, 0.2) is 0 Å². The molecule has 63 heavy (non-hydrogen) atoms. The Hall–Kier alpha value is -8.20. The van der Waals surface area contributed by atoms with Gasteiger partial charge in [0, 0.05) is 33.4 Å². The highest BCUT2D eigenvalue weighted by Gasteiger charge is 2.53. The van der Waals surface area contributed by atoms with E-state index in [0.29, 0.717) is 0 Å². The average Bonchev–Trinajstić information content (AvgIpc) is 3.99. The fourth-order valence-corrected chi connectivity index (χ4v) is 10.7. The first-order valence-corrected chi connectivity index (χ1v) is 21.7. The Kier molecular flexibility index (Phi) is 7.85. The lowest BCUT2D eigenvalue weighted by molar-refractivity contribution is 0.669. The van der Waals surface area contributed by atoms with E-state index in [1.807, 2.05) is 0 Å². The molecule has 0 fully saturated rings. The van der Waals surface area contributed by atoms with Crippen molar-refractivity contribution in [2.24, 2.45) is 0 Å². The quantitative estimate of drug-likeness (QED) is 0.167. The highest BCUT2D eigenvalue weighted by molar-refractivity contribution is 6.13. The molecule has 0 saturated heterocycles. The first kappa shape index (κ1) is 35.5. The molecule has 0 N–H and O–H groups in total. The van der Waals surface area contributed by atoms with Gasteiger partial charge in [-0.05, 0) is 121 Å². The van der Waals surface area contributed by atoms with Gasteiger partial charge in [-0.25, -0.2) is 0 Å². The Morgan fingerprint density at radius 2 is 0.794 bits per heavy atom. The Morgan fingerprint density at radius 3 is 1.44 bits per heavy atom. The van der Waals surface area contributed by atoms with Crippen LogP contribution in [0, 0.1) is 0 Å². The smallest absolute Gasteiger partial charge is 0.143 e. The normalized spacial score (nSPS) is 14.4. The maximum atomic E-state index is 6.88. The largest absolute Gasteiger partial charge is 0.455 e. The zero-order chi connectivity index (χ0) is 41.5. The first-order chi connectivity index (χ1) is 31.2. The number of para-hydroxylation sites is 1. The van der Waals surface area contributed by atoms with Crippen LogP contribution < -0.4 is 4.90 Å². The summed E-state index contributed by atoms with van der Waals surface area (Å²) in [4.78, 5) is 2.42. The van der Waals surface area contributed by atoms with Crippen LogP contribution >= 0.6 is 0 Å². The second-order valence-corrected chi connectivity index (χ2v) is 16.8. The molecule has 0 saturated carbocycles. The molecule has 0 bridgehead atoms. The van der Waals surface area contributed by atoms with Crippen molar-refractivity contribution in [3.05, 3.63) is 259 Å². The van der Waals surface area contributed by atoms with Gasteiger partial charge in [-0.15, -0.1) is 0 Å². The summed E-state index contributed by atoms with van der Waals surface area (Å²) in [5, 5.41) is 2.28. The summed E-state index contributed by atoms with van der Waals surface area (Å²) in [6.45, 7) is 0. The Morgan fingerprint density at radius 1 is 0.302 bits per heavy atom. The van der Waals surface area contributed by atoms with Crippen molar-refractivity contribution in [3.8, 4) is 55.6 Å². The molecule has 2 aliphatic carbocycles. The molecule has 294 valence electrons. The van der Waals surface area contributed by atoms with Gasteiger partial charge in [0.2, 0.25) is 0 Å². The van der Waals surface area contributed by atoms with E-state index in [-0.39, 0.29) is 0 Å². The second-order valence-electron chi connectivity index (χ2n) is 16.8. The van der Waals surface area contributed by atoms with E-state index in [4.69, 9.17) is 4.42 Å². The lowest BCUT2D eigenvalue weighted by atomic mass is 9.70. The molecule has 0 amide bonds. The molecule has 1 heterocycles. The summed E-state index contributed by atoms with van der Waals surface area (Å²) < 4.78 is 6.88. The minimum absolute atomic E-state index is 0.607. The highest BCUT2D eigenvalue weighted by Crippen LogP contribution is 2.65. The van der Waals surface area contributed by atoms with Gasteiger partial charge in [-0.2, -0.15) is 0 Å². The van der Waals surface area contributed by atoms with Crippen molar-refractivity contribution >= 4 is 39.0 Å². The van der Waals surface area contributed by atoms with E-state index in [9.17, 15) is 0 Å². The van der Waals surface area contributed by atoms with E-state index in [0.717, 1.165) is 39.0 Å². The fourth-order valence-electron chi connectivity index (χ4n) is 10.7. The zero-order valence-corrected chi connectivity index (χ0v) is 34.4. The van der Waals surface area contributed by atoms with Gasteiger partial charge < -0.3 is 9.32 Å². The van der Waals surface area contributed by atoms with E-state index in [1.165, 1.54) is 77.9 Å². The molecular formula is C61H39NO. The fraction of sp³-hybridized carbons (Fsp3) is 0.0164. The van der Waals surface area contributed by atoms with Crippen molar-refractivity contribution in [3.63, 3.8) is 0 Å². The highest BCUT2D eigenvalue weighted by atomic mass is 16.3. The summed E-state index contributed by atoms with van der Waals surface area (Å²) >= 11 is 0. The minimum Gasteiger partial charge on any atom is -0.455 e. The van der Waals surface area contributed by atoms with E-state index in [1.54, 1.807) is 0 Å². The Bertz CT molecular complexity index is 3450. The van der Waals surface area contributed by atoms with Crippen molar-refractivity contribution in [2.45, 2.75) is 5.41 Å². The van der Waals surface area contributed by atoms with Crippen LogP contribution in [-0.2, 0) is 5.41 Å². The molecule has 2 heteroatoms. The molecule has 10 aromatic carbocycles. The number of hydrogen-bond donors (Lipinski definition) is 0. The van der Waals surface area contributed by atoms with Crippen LogP contribution in [0.15, 0.2) is 241 Å². The number of fused-ring (bicyclic) bond motifs is 14. The zero-order valence-electron chi connectivity index (χ0n) is 34.4. The van der Waals surface area contributed by atoms with Crippen LogP contribution in [0.4, 0.5) is 17.1 Å². The number of hydrogen-bond acceptors (Lipinski definition) is 2. The average molecular weight is 802 g/mol. The number of rotatable bonds is 6. The second kappa shape index (κ2) is 13.9. The standard InChI is InChI=1S/C61H39NO/c1-4-14-40(15-5-1)43-24-29-46(30-25-43)62(47-31-26-44(27-32-47)41-16-6-2-7-17-41)48-33-35-50-49-34-28-45(42-18-8-3-9-19-42)38-56(49)61(57(50)39-48)54-22-12-10-21-53(54)59-55(61)37-36-52-51-20-11-13-23-58(51)63-60(52)59/h1-39H. The molecule has 13 rings (SSSR count). The molecular weight excluding hydrogens is 763 g/mol. The lowest BCUT2D eigenvalue weighted by Gasteiger charge is -2.32. The third-order valence-corrected chi connectivity index (χ3v) is 13.5. The van der Waals surface area contributed by atoms with Crippen LogP contribution in [0.25, 0.3) is 77.6 Å². The van der Waals surface area contributed by atoms with Crippen LogP contribution in [0.1, 0.15) is 22.3 Å². The van der Waals surface area contributed by atoms with Crippen LogP contribution in [0.2, 0.25) is 0 Å².